The second-order valence-corrected chi connectivity index (χ2v) is 8.85. The Morgan fingerprint density at radius 2 is 1.68 bits per heavy atom. The number of hydrogen-bond acceptors (Lipinski definition) is 7. The van der Waals surface area contributed by atoms with Crippen molar-refractivity contribution in [1.29, 1.82) is 0 Å². The third-order valence-electron chi connectivity index (χ3n) is 6.19. The standard InChI is InChI=1S/C24H31N5O8/c30-12-19(24(36)37)29-22(34)17(7-8-20(31)32)27-23(35)18(28-21(33)16-6-3-9-25-16)10-13-11-26-15-5-2-1-4-14(13)15/h1-2,4-5,11,16-19,25-26,30H,3,6-10,12H2,(H,27,35)(H,28,33)(H,29,34)(H,31,32)(H,36,37). The smallest absolute Gasteiger partial charge is 0.328 e. The van der Waals surface area contributed by atoms with E-state index < -0.39 is 60.9 Å². The van der Waals surface area contributed by atoms with Crippen LogP contribution in [0.3, 0.4) is 0 Å². The van der Waals surface area contributed by atoms with Gasteiger partial charge in [-0.2, -0.15) is 0 Å². The van der Waals surface area contributed by atoms with Crippen LogP contribution in [-0.4, -0.2) is 87.3 Å². The minimum atomic E-state index is -1.63. The summed E-state index contributed by atoms with van der Waals surface area (Å²) in [4.78, 5) is 64.3. The van der Waals surface area contributed by atoms with E-state index in [-0.39, 0.29) is 18.7 Å². The third kappa shape index (κ3) is 7.51. The van der Waals surface area contributed by atoms with E-state index in [0.717, 1.165) is 22.9 Å². The summed E-state index contributed by atoms with van der Waals surface area (Å²) in [7, 11) is 0. The van der Waals surface area contributed by atoms with Crippen LogP contribution in [0.4, 0.5) is 0 Å². The molecule has 8 N–H and O–H groups in total. The van der Waals surface area contributed by atoms with Crippen molar-refractivity contribution in [3.8, 4) is 0 Å². The number of benzene rings is 1. The van der Waals surface area contributed by atoms with Crippen molar-refractivity contribution in [1.82, 2.24) is 26.3 Å². The quantitative estimate of drug-likeness (QED) is 0.161. The Hall–Kier alpha value is -3.97. The number of rotatable bonds is 13. The number of aliphatic hydroxyl groups excluding tert-OH is 1. The molecule has 13 heteroatoms. The van der Waals surface area contributed by atoms with E-state index in [4.69, 9.17) is 10.2 Å². The monoisotopic (exact) mass is 517 g/mol. The molecule has 200 valence electrons. The van der Waals surface area contributed by atoms with Gasteiger partial charge < -0.3 is 41.6 Å². The topological polar surface area (TPSA) is 210 Å². The zero-order valence-corrected chi connectivity index (χ0v) is 20.0. The normalized spacial score (nSPS) is 17.5. The zero-order chi connectivity index (χ0) is 26.9. The number of aromatic amines is 1. The molecule has 2 aromatic rings. The van der Waals surface area contributed by atoms with Gasteiger partial charge in [0.05, 0.1) is 12.6 Å². The molecule has 1 saturated heterocycles. The molecule has 1 fully saturated rings. The molecular weight excluding hydrogens is 486 g/mol. The molecule has 0 aliphatic carbocycles. The lowest BCUT2D eigenvalue weighted by molar-refractivity contribution is -0.144. The Kier molecular flexibility index (Phi) is 9.57. The second-order valence-electron chi connectivity index (χ2n) is 8.85. The molecule has 1 aromatic heterocycles. The van der Waals surface area contributed by atoms with Crippen LogP contribution in [0.25, 0.3) is 10.9 Å². The van der Waals surface area contributed by atoms with E-state index in [1.807, 2.05) is 24.3 Å². The molecule has 2 heterocycles. The lowest BCUT2D eigenvalue weighted by atomic mass is 10.0. The van der Waals surface area contributed by atoms with Crippen molar-refractivity contribution >= 4 is 40.6 Å². The number of carbonyl (C=O) groups is 5. The summed E-state index contributed by atoms with van der Waals surface area (Å²) in [5.41, 5.74) is 1.58. The van der Waals surface area contributed by atoms with Crippen LogP contribution in [-0.2, 0) is 30.4 Å². The third-order valence-corrected chi connectivity index (χ3v) is 6.19. The first-order chi connectivity index (χ1) is 17.7. The molecule has 1 aliphatic heterocycles. The SMILES string of the molecule is O=C(O)CCC(NC(=O)C(Cc1c[nH]c2ccccc12)NC(=O)C1CCCN1)C(=O)NC(CO)C(=O)O. The highest BCUT2D eigenvalue weighted by molar-refractivity contribution is 5.95. The van der Waals surface area contributed by atoms with Gasteiger partial charge in [0.1, 0.15) is 18.1 Å². The Balaban J connectivity index is 1.81. The molecule has 4 atom stereocenters. The van der Waals surface area contributed by atoms with Gasteiger partial charge in [-0.05, 0) is 37.4 Å². The highest BCUT2D eigenvalue weighted by Crippen LogP contribution is 2.19. The van der Waals surface area contributed by atoms with Gasteiger partial charge in [0.2, 0.25) is 17.7 Å². The number of aliphatic hydroxyl groups is 1. The van der Waals surface area contributed by atoms with Crippen LogP contribution in [0.2, 0.25) is 0 Å². The number of carbonyl (C=O) groups excluding carboxylic acids is 3. The predicted octanol–water partition coefficient (Wildman–Crippen LogP) is -1.14. The molecule has 4 unspecified atom stereocenters. The predicted molar refractivity (Wildman–Crippen MR) is 130 cm³/mol. The largest absolute Gasteiger partial charge is 0.481 e. The number of carboxylic acid groups (broad SMARTS) is 2. The Morgan fingerprint density at radius 1 is 0.973 bits per heavy atom. The molecule has 1 aromatic carbocycles. The summed E-state index contributed by atoms with van der Waals surface area (Å²) in [6.45, 7) is -0.223. The summed E-state index contributed by atoms with van der Waals surface area (Å²) < 4.78 is 0. The summed E-state index contributed by atoms with van der Waals surface area (Å²) in [6, 6.07) is 2.79. The first kappa shape index (κ1) is 27.6. The highest BCUT2D eigenvalue weighted by atomic mass is 16.4. The van der Waals surface area contributed by atoms with Gasteiger partial charge in [0.25, 0.3) is 0 Å². The lowest BCUT2D eigenvalue weighted by Gasteiger charge is -2.25. The van der Waals surface area contributed by atoms with Gasteiger partial charge >= 0.3 is 11.9 Å². The minimum absolute atomic E-state index is 0.0793. The van der Waals surface area contributed by atoms with Crippen LogP contribution < -0.4 is 21.3 Å². The van der Waals surface area contributed by atoms with Crippen LogP contribution >= 0.6 is 0 Å². The molecule has 37 heavy (non-hydrogen) atoms. The van der Waals surface area contributed by atoms with Gasteiger partial charge in [-0.25, -0.2) is 4.79 Å². The number of H-pyrrole nitrogens is 1. The second kappa shape index (κ2) is 12.8. The Morgan fingerprint density at radius 3 is 2.32 bits per heavy atom. The maximum atomic E-state index is 13.4. The van der Waals surface area contributed by atoms with E-state index in [2.05, 4.69) is 26.3 Å². The van der Waals surface area contributed by atoms with Crippen molar-refractivity contribution in [3.63, 3.8) is 0 Å². The van der Waals surface area contributed by atoms with Crippen molar-refractivity contribution < 1.29 is 39.3 Å². The van der Waals surface area contributed by atoms with Crippen molar-refractivity contribution in [2.45, 2.75) is 56.3 Å². The number of para-hydroxylation sites is 1. The van der Waals surface area contributed by atoms with Gasteiger partial charge in [-0.3, -0.25) is 19.2 Å². The first-order valence-corrected chi connectivity index (χ1v) is 11.9. The average Bonchev–Trinajstić information content (AvgIpc) is 3.55. The van der Waals surface area contributed by atoms with Crippen molar-refractivity contribution in [2.75, 3.05) is 13.2 Å². The number of amides is 3. The first-order valence-electron chi connectivity index (χ1n) is 11.9. The van der Waals surface area contributed by atoms with Crippen LogP contribution in [0.5, 0.6) is 0 Å². The fourth-order valence-corrected chi connectivity index (χ4v) is 4.18. The average molecular weight is 518 g/mol. The van der Waals surface area contributed by atoms with Gasteiger partial charge in [0, 0.05) is 29.9 Å². The number of aromatic nitrogens is 1. The number of nitrogens with one attached hydrogen (secondary N) is 5. The molecule has 3 rings (SSSR count). The van der Waals surface area contributed by atoms with E-state index in [0.29, 0.717) is 13.0 Å². The van der Waals surface area contributed by atoms with Crippen LogP contribution in [0.15, 0.2) is 30.5 Å². The Bertz CT molecular complexity index is 1140. The van der Waals surface area contributed by atoms with E-state index >= 15 is 0 Å². The summed E-state index contributed by atoms with van der Waals surface area (Å²) in [5, 5.41) is 38.6. The van der Waals surface area contributed by atoms with Crippen LogP contribution in [0, 0.1) is 0 Å². The zero-order valence-electron chi connectivity index (χ0n) is 20.0. The summed E-state index contributed by atoms with van der Waals surface area (Å²) >= 11 is 0. The number of aliphatic carboxylic acids is 2. The number of fused-ring (bicyclic) bond motifs is 1. The number of hydrogen-bond donors (Lipinski definition) is 8. The number of carboxylic acids is 2. The van der Waals surface area contributed by atoms with Crippen molar-refractivity contribution in [2.24, 2.45) is 0 Å². The van der Waals surface area contributed by atoms with E-state index in [1.54, 1.807) is 6.20 Å². The van der Waals surface area contributed by atoms with Gasteiger partial charge in [-0.1, -0.05) is 18.2 Å². The van der Waals surface area contributed by atoms with Gasteiger partial charge in [0.15, 0.2) is 0 Å². The maximum Gasteiger partial charge on any atom is 0.328 e. The lowest BCUT2D eigenvalue weighted by Crippen LogP contribution is -2.58. The summed E-state index contributed by atoms with van der Waals surface area (Å²) in [6.07, 6.45) is 2.40. The van der Waals surface area contributed by atoms with Gasteiger partial charge in [-0.15, -0.1) is 0 Å². The molecule has 0 spiro atoms. The molecular formula is C24H31N5O8. The highest BCUT2D eigenvalue weighted by Gasteiger charge is 2.32. The molecule has 3 amide bonds. The van der Waals surface area contributed by atoms with E-state index in [9.17, 15) is 29.1 Å². The fraction of sp³-hybridized carbons (Fsp3) is 0.458. The molecule has 13 nitrogen and oxygen atoms in total. The molecule has 1 aliphatic rings. The van der Waals surface area contributed by atoms with Crippen LogP contribution in [0.1, 0.15) is 31.2 Å². The molecule has 0 bridgehead atoms. The summed E-state index contributed by atoms with van der Waals surface area (Å²) in [5.74, 6) is -4.80. The van der Waals surface area contributed by atoms with E-state index in [1.165, 1.54) is 0 Å². The Labute approximate surface area is 212 Å². The van der Waals surface area contributed by atoms with Crippen molar-refractivity contribution in [3.05, 3.63) is 36.0 Å². The minimum Gasteiger partial charge on any atom is -0.481 e. The molecule has 0 radical (unpaired) electrons. The molecule has 0 saturated carbocycles. The fourth-order valence-electron chi connectivity index (χ4n) is 4.18. The maximum absolute atomic E-state index is 13.4.